The number of thiazole rings is 1. The molecule has 4 nitrogen and oxygen atoms in total. The van der Waals surface area contributed by atoms with Crippen molar-refractivity contribution >= 4 is 56.3 Å². The predicted molar refractivity (Wildman–Crippen MR) is 91.8 cm³/mol. The topological polar surface area (TPSA) is 51.8 Å². The number of aromatic nitrogens is 3. The van der Waals surface area contributed by atoms with Crippen LogP contribution in [0.5, 0.6) is 0 Å². The second-order valence-electron chi connectivity index (χ2n) is 4.37. The Balaban J connectivity index is 1.49. The van der Waals surface area contributed by atoms with E-state index >= 15 is 0 Å². The lowest BCUT2D eigenvalue weighted by Gasteiger charge is -1.90. The Hall–Kier alpha value is -1.41. The van der Waals surface area contributed by atoms with Crippen molar-refractivity contribution in [2.45, 2.75) is 10.1 Å². The quantitative estimate of drug-likeness (QED) is 0.456. The molecular formula is C14H8ClN3OS3. The standard InChI is InChI=1S/C14H8ClN3OS3/c15-8-3-4-10-9(6-8)16-14(22-10)21-7-12-17-13(18-19-12)11-2-1-5-20-11/h1-6H,7H2. The molecule has 0 aliphatic heterocycles. The van der Waals surface area contributed by atoms with Gasteiger partial charge >= 0.3 is 0 Å². The summed E-state index contributed by atoms with van der Waals surface area (Å²) in [5.74, 6) is 1.85. The van der Waals surface area contributed by atoms with Gasteiger partial charge in [-0.3, -0.25) is 0 Å². The molecule has 0 saturated heterocycles. The maximum Gasteiger partial charge on any atom is 0.237 e. The second-order valence-corrected chi connectivity index (χ2v) is 8.01. The molecule has 4 rings (SSSR count). The molecule has 0 N–H and O–H groups in total. The van der Waals surface area contributed by atoms with Crippen molar-refractivity contribution in [2.75, 3.05) is 0 Å². The summed E-state index contributed by atoms with van der Waals surface area (Å²) in [6.07, 6.45) is 0. The maximum absolute atomic E-state index is 5.98. The summed E-state index contributed by atoms with van der Waals surface area (Å²) in [6.45, 7) is 0. The molecule has 110 valence electrons. The third-order valence-corrected chi connectivity index (χ3v) is 6.12. The molecule has 22 heavy (non-hydrogen) atoms. The number of fused-ring (bicyclic) bond motifs is 1. The Morgan fingerprint density at radius 1 is 1.23 bits per heavy atom. The summed E-state index contributed by atoms with van der Waals surface area (Å²) in [4.78, 5) is 9.97. The molecule has 0 bridgehead atoms. The van der Waals surface area contributed by atoms with Gasteiger partial charge in [0.2, 0.25) is 11.7 Å². The minimum absolute atomic E-state index is 0.602. The Bertz CT molecular complexity index is 917. The molecule has 0 aliphatic rings. The Morgan fingerprint density at radius 3 is 3.05 bits per heavy atom. The molecule has 0 unspecified atom stereocenters. The first kappa shape index (κ1) is 14.2. The van der Waals surface area contributed by atoms with Gasteiger partial charge in [-0.25, -0.2) is 4.98 Å². The SMILES string of the molecule is Clc1ccc2sc(SCc3nc(-c4cccs4)no3)nc2c1. The number of hydrogen-bond donors (Lipinski definition) is 0. The molecule has 0 radical (unpaired) electrons. The van der Waals surface area contributed by atoms with E-state index in [9.17, 15) is 0 Å². The average molecular weight is 366 g/mol. The molecule has 4 aromatic rings. The van der Waals surface area contributed by atoms with Crippen LogP contribution in [0.25, 0.3) is 20.9 Å². The van der Waals surface area contributed by atoms with Gasteiger partial charge in [-0.05, 0) is 29.6 Å². The van der Waals surface area contributed by atoms with Crippen LogP contribution in [-0.2, 0) is 5.75 Å². The number of hydrogen-bond acceptors (Lipinski definition) is 7. The number of rotatable bonds is 4. The van der Waals surface area contributed by atoms with E-state index in [4.69, 9.17) is 16.1 Å². The van der Waals surface area contributed by atoms with Crippen molar-refractivity contribution in [3.05, 3.63) is 46.6 Å². The van der Waals surface area contributed by atoms with E-state index in [1.807, 2.05) is 35.7 Å². The summed E-state index contributed by atoms with van der Waals surface area (Å²) in [5, 5.41) is 6.70. The normalized spacial score (nSPS) is 11.3. The third-order valence-electron chi connectivity index (χ3n) is 2.86. The van der Waals surface area contributed by atoms with E-state index in [1.165, 1.54) is 0 Å². The summed E-state index contributed by atoms with van der Waals surface area (Å²) in [6, 6.07) is 9.68. The van der Waals surface area contributed by atoms with Crippen molar-refractivity contribution in [3.8, 4) is 10.7 Å². The summed E-state index contributed by atoms with van der Waals surface area (Å²) >= 11 is 10.8. The van der Waals surface area contributed by atoms with Crippen LogP contribution in [-0.4, -0.2) is 15.1 Å². The van der Waals surface area contributed by atoms with Crippen molar-refractivity contribution < 1.29 is 4.52 Å². The van der Waals surface area contributed by atoms with Gasteiger partial charge in [-0.1, -0.05) is 34.6 Å². The van der Waals surface area contributed by atoms with Crippen molar-refractivity contribution in [1.82, 2.24) is 15.1 Å². The molecule has 3 heterocycles. The van der Waals surface area contributed by atoms with Crippen molar-refractivity contribution in [3.63, 3.8) is 0 Å². The fourth-order valence-electron chi connectivity index (χ4n) is 1.88. The lowest BCUT2D eigenvalue weighted by Crippen LogP contribution is -1.80. The fourth-order valence-corrected chi connectivity index (χ4v) is 4.59. The Morgan fingerprint density at radius 2 is 2.18 bits per heavy atom. The third kappa shape index (κ3) is 2.89. The molecule has 8 heteroatoms. The number of halogens is 1. The van der Waals surface area contributed by atoms with E-state index in [-0.39, 0.29) is 0 Å². The van der Waals surface area contributed by atoms with Crippen LogP contribution < -0.4 is 0 Å². The summed E-state index contributed by atoms with van der Waals surface area (Å²) in [7, 11) is 0. The van der Waals surface area contributed by atoms with Gasteiger partial charge in [0.15, 0.2) is 4.34 Å². The fraction of sp³-hybridized carbons (Fsp3) is 0.0714. The molecule has 1 aromatic carbocycles. The zero-order valence-corrected chi connectivity index (χ0v) is 14.2. The average Bonchev–Trinajstić information content (AvgIpc) is 3.24. The number of benzene rings is 1. The molecule has 0 aliphatic carbocycles. The van der Waals surface area contributed by atoms with Crippen molar-refractivity contribution in [2.24, 2.45) is 0 Å². The summed E-state index contributed by atoms with van der Waals surface area (Å²) < 4.78 is 7.37. The highest BCUT2D eigenvalue weighted by Gasteiger charge is 2.11. The second kappa shape index (κ2) is 6.00. The van der Waals surface area contributed by atoms with Crippen LogP contribution in [0, 0.1) is 0 Å². The van der Waals surface area contributed by atoms with Gasteiger partial charge in [0, 0.05) is 5.02 Å². The minimum Gasteiger partial charge on any atom is -0.338 e. The molecule has 0 amide bonds. The summed E-state index contributed by atoms with van der Waals surface area (Å²) in [5.41, 5.74) is 0.921. The number of nitrogens with zero attached hydrogens (tertiary/aromatic N) is 3. The minimum atomic E-state index is 0.602. The Kier molecular flexibility index (Phi) is 3.87. The number of thiophene rings is 1. The van der Waals surface area contributed by atoms with Crippen LogP contribution in [0.4, 0.5) is 0 Å². The molecular weight excluding hydrogens is 358 g/mol. The van der Waals surface area contributed by atoms with E-state index in [0.717, 1.165) is 19.4 Å². The maximum atomic E-state index is 5.98. The smallest absolute Gasteiger partial charge is 0.237 e. The van der Waals surface area contributed by atoms with Crippen LogP contribution in [0.2, 0.25) is 5.02 Å². The monoisotopic (exact) mass is 365 g/mol. The van der Waals surface area contributed by atoms with E-state index in [1.54, 1.807) is 34.4 Å². The highest BCUT2D eigenvalue weighted by molar-refractivity contribution is 8.00. The first-order valence-electron chi connectivity index (χ1n) is 6.33. The van der Waals surface area contributed by atoms with Gasteiger partial charge in [0.05, 0.1) is 20.8 Å². The van der Waals surface area contributed by atoms with Crippen LogP contribution in [0.1, 0.15) is 5.89 Å². The van der Waals surface area contributed by atoms with Crippen LogP contribution in [0.15, 0.2) is 44.6 Å². The lowest BCUT2D eigenvalue weighted by molar-refractivity contribution is 0.392. The highest BCUT2D eigenvalue weighted by Crippen LogP contribution is 2.32. The molecule has 0 spiro atoms. The van der Waals surface area contributed by atoms with E-state index < -0.39 is 0 Å². The predicted octanol–water partition coefficient (Wildman–Crippen LogP) is 5.35. The first-order chi connectivity index (χ1) is 10.8. The zero-order valence-electron chi connectivity index (χ0n) is 11.0. The Labute approximate surface area is 143 Å². The molecule has 0 fully saturated rings. The number of thioether (sulfide) groups is 1. The zero-order chi connectivity index (χ0) is 14.9. The first-order valence-corrected chi connectivity index (χ1v) is 9.39. The van der Waals surface area contributed by atoms with Gasteiger partial charge in [-0.2, -0.15) is 4.98 Å². The molecule has 3 aromatic heterocycles. The largest absolute Gasteiger partial charge is 0.338 e. The van der Waals surface area contributed by atoms with Gasteiger partial charge in [0.25, 0.3) is 0 Å². The lowest BCUT2D eigenvalue weighted by atomic mass is 10.3. The molecule has 0 saturated carbocycles. The van der Waals surface area contributed by atoms with Crippen LogP contribution >= 0.6 is 46.0 Å². The van der Waals surface area contributed by atoms with Gasteiger partial charge in [0.1, 0.15) is 0 Å². The molecule has 0 atom stereocenters. The van der Waals surface area contributed by atoms with Gasteiger partial charge < -0.3 is 4.52 Å². The van der Waals surface area contributed by atoms with E-state index in [0.29, 0.717) is 22.5 Å². The van der Waals surface area contributed by atoms with Crippen molar-refractivity contribution in [1.29, 1.82) is 0 Å². The highest BCUT2D eigenvalue weighted by atomic mass is 35.5. The van der Waals surface area contributed by atoms with Crippen LogP contribution in [0.3, 0.4) is 0 Å². The van der Waals surface area contributed by atoms with E-state index in [2.05, 4.69) is 15.1 Å². The van der Waals surface area contributed by atoms with Gasteiger partial charge in [-0.15, -0.1) is 22.7 Å².